The van der Waals surface area contributed by atoms with Crippen molar-refractivity contribution in [3.8, 4) is 17.2 Å². The Morgan fingerprint density at radius 1 is 1.11 bits per heavy atom. The molecule has 5 N–H and O–H groups in total. The Bertz CT molecular complexity index is 1350. The van der Waals surface area contributed by atoms with Gasteiger partial charge in [-0.1, -0.05) is 31.2 Å². The number of amides is 2. The van der Waals surface area contributed by atoms with Crippen LogP contribution in [-0.4, -0.2) is 23.9 Å². The number of para-hydroxylation sites is 2. The number of nitrogens with two attached hydrogens (primary N) is 1. The molecule has 1 heterocycles. The molecular weight excluding hydrogens is 493 g/mol. The molecule has 0 spiro atoms. The highest BCUT2D eigenvalue weighted by atomic mass is 19.1. The zero-order valence-corrected chi connectivity index (χ0v) is 20.6. The van der Waals surface area contributed by atoms with Gasteiger partial charge < -0.3 is 30.4 Å². The molecule has 198 valence electrons. The molecule has 1 aliphatic rings. The van der Waals surface area contributed by atoms with Crippen molar-refractivity contribution in [1.82, 2.24) is 0 Å². The monoisotopic (exact) mass is 521 g/mol. The number of anilines is 3. The van der Waals surface area contributed by atoms with Crippen LogP contribution in [0.5, 0.6) is 17.2 Å². The van der Waals surface area contributed by atoms with Crippen molar-refractivity contribution in [3.63, 3.8) is 0 Å². The van der Waals surface area contributed by atoms with Crippen molar-refractivity contribution < 1.29 is 33.3 Å². The molecule has 10 heteroatoms. The Morgan fingerprint density at radius 2 is 1.89 bits per heavy atom. The van der Waals surface area contributed by atoms with Crippen molar-refractivity contribution in [2.45, 2.75) is 25.9 Å². The van der Waals surface area contributed by atoms with Gasteiger partial charge in [-0.15, -0.1) is 0 Å². The van der Waals surface area contributed by atoms with Gasteiger partial charge in [-0.05, 0) is 66.8 Å². The number of fused-ring (bicyclic) bond motifs is 1. The van der Waals surface area contributed by atoms with Gasteiger partial charge in [0.05, 0.1) is 11.4 Å². The second kappa shape index (κ2) is 12.0. The summed E-state index contributed by atoms with van der Waals surface area (Å²) in [6, 6.07) is 15.7. The summed E-state index contributed by atoms with van der Waals surface area (Å²) in [6.45, 7) is 1.95. The van der Waals surface area contributed by atoms with Crippen LogP contribution in [0, 0.1) is 11.7 Å². The third-order valence-corrected chi connectivity index (χ3v) is 5.95. The summed E-state index contributed by atoms with van der Waals surface area (Å²) in [5, 5.41) is 15.0. The molecule has 3 aromatic rings. The third kappa shape index (κ3) is 6.73. The molecule has 1 aliphatic heterocycles. The van der Waals surface area contributed by atoms with Crippen molar-refractivity contribution >= 4 is 29.1 Å². The zero-order chi connectivity index (χ0) is 27.1. The number of rotatable bonds is 9. The number of allylic oxidation sites excluding steroid dienone is 1. The molecule has 0 fully saturated rings. The van der Waals surface area contributed by atoms with Crippen molar-refractivity contribution in [1.29, 1.82) is 0 Å². The van der Waals surface area contributed by atoms with Gasteiger partial charge in [-0.2, -0.15) is 0 Å². The summed E-state index contributed by atoms with van der Waals surface area (Å²) in [4.78, 5) is 25.0. The maximum Gasteiger partial charge on any atom is 0.412 e. The molecule has 0 bridgehead atoms. The number of aromatic hydroxyl groups is 1. The summed E-state index contributed by atoms with van der Waals surface area (Å²) in [6.07, 6.45) is 2.54. The number of halogens is 1. The van der Waals surface area contributed by atoms with Crippen LogP contribution < -0.4 is 25.8 Å². The van der Waals surface area contributed by atoms with E-state index in [-0.39, 0.29) is 18.6 Å². The summed E-state index contributed by atoms with van der Waals surface area (Å²) in [5.74, 6) is -0.844. The minimum absolute atomic E-state index is 0.103. The number of hydrogen-bond acceptors (Lipinski definition) is 7. The van der Waals surface area contributed by atoms with Crippen LogP contribution in [0.3, 0.4) is 0 Å². The Labute approximate surface area is 219 Å². The minimum Gasteiger partial charge on any atom is -0.505 e. The number of hydrogen-bond donors (Lipinski definition) is 4. The Kier molecular flexibility index (Phi) is 8.32. The molecule has 0 aliphatic carbocycles. The Morgan fingerprint density at radius 3 is 2.68 bits per heavy atom. The minimum atomic E-state index is -0.828. The lowest BCUT2D eigenvalue weighted by Crippen LogP contribution is -2.22. The number of nitrogen functional groups attached to an aromatic ring is 1. The first-order chi connectivity index (χ1) is 18.3. The van der Waals surface area contributed by atoms with Crippen LogP contribution in [0.1, 0.15) is 31.4 Å². The van der Waals surface area contributed by atoms with E-state index in [4.69, 9.17) is 19.9 Å². The maximum absolute atomic E-state index is 14.1. The first-order valence-corrected chi connectivity index (χ1v) is 12.0. The van der Waals surface area contributed by atoms with Gasteiger partial charge in [0.2, 0.25) is 12.7 Å². The zero-order valence-electron chi connectivity index (χ0n) is 20.6. The van der Waals surface area contributed by atoms with Gasteiger partial charge in [0, 0.05) is 11.8 Å². The van der Waals surface area contributed by atoms with E-state index in [1.807, 2.05) is 6.92 Å². The molecule has 0 radical (unpaired) electrons. The van der Waals surface area contributed by atoms with Crippen molar-refractivity contribution in [3.05, 3.63) is 84.2 Å². The van der Waals surface area contributed by atoms with E-state index in [0.717, 1.165) is 6.07 Å². The molecule has 2 atom stereocenters. The molecule has 4 rings (SSSR count). The van der Waals surface area contributed by atoms with Gasteiger partial charge in [0.15, 0.2) is 23.1 Å². The first-order valence-electron chi connectivity index (χ1n) is 12.0. The maximum atomic E-state index is 14.1. The molecule has 0 saturated carbocycles. The van der Waals surface area contributed by atoms with Crippen LogP contribution in [0.2, 0.25) is 0 Å². The molecule has 0 saturated heterocycles. The summed E-state index contributed by atoms with van der Waals surface area (Å²) < 4.78 is 30.4. The molecule has 9 nitrogen and oxygen atoms in total. The molecular formula is C28H28FN3O6. The second-order valence-corrected chi connectivity index (χ2v) is 8.76. The normalized spacial score (nSPS) is 13.6. The second-order valence-electron chi connectivity index (χ2n) is 8.76. The average molecular weight is 522 g/mol. The predicted molar refractivity (Wildman–Crippen MR) is 140 cm³/mol. The number of benzene rings is 3. The van der Waals surface area contributed by atoms with Gasteiger partial charge >= 0.3 is 6.09 Å². The average Bonchev–Trinajstić information content (AvgIpc) is 3.36. The third-order valence-electron chi connectivity index (χ3n) is 5.95. The van der Waals surface area contributed by atoms with Crippen LogP contribution >= 0.6 is 0 Å². The standard InChI is InChI=1S/C28H28FN3O6/c1-17(6-2-5-9-26(34)32-22-8-4-3-7-21(22)30)27(18-10-12-23(33)20(29)14-18)38-28(35)31-19-11-13-24-25(15-19)37-16-36-24/h3-5,7-15,17,27,33H,2,6,16,30H2,1H3,(H,31,35)(H,32,34)/b9-5+/t17-,27+/m1/s1. The van der Waals surface area contributed by atoms with E-state index in [2.05, 4.69) is 10.6 Å². The van der Waals surface area contributed by atoms with Crippen LogP contribution in [-0.2, 0) is 9.53 Å². The van der Waals surface area contributed by atoms with E-state index in [0.29, 0.717) is 47.0 Å². The van der Waals surface area contributed by atoms with Gasteiger partial charge in [-0.3, -0.25) is 10.1 Å². The fourth-order valence-corrected chi connectivity index (χ4v) is 3.94. The molecule has 0 unspecified atom stereocenters. The number of phenolic OH excluding ortho intramolecular Hbond substituents is 1. The van der Waals surface area contributed by atoms with Gasteiger partial charge in [0.25, 0.3) is 0 Å². The lowest BCUT2D eigenvalue weighted by Gasteiger charge is -2.25. The lowest BCUT2D eigenvalue weighted by molar-refractivity contribution is -0.111. The molecule has 38 heavy (non-hydrogen) atoms. The van der Waals surface area contributed by atoms with Gasteiger partial charge in [0.1, 0.15) is 6.10 Å². The number of phenols is 1. The van der Waals surface area contributed by atoms with Gasteiger partial charge in [-0.25, -0.2) is 9.18 Å². The van der Waals surface area contributed by atoms with Crippen LogP contribution in [0.25, 0.3) is 0 Å². The highest BCUT2D eigenvalue weighted by Crippen LogP contribution is 2.35. The van der Waals surface area contributed by atoms with E-state index >= 15 is 0 Å². The SMILES string of the molecule is C[C@H](CC/C=C/C(=O)Nc1ccccc1N)[C@H](OC(=O)Nc1ccc2c(c1)OCO2)c1ccc(O)c(F)c1. The van der Waals surface area contributed by atoms with Crippen LogP contribution in [0.4, 0.5) is 26.2 Å². The van der Waals surface area contributed by atoms with Crippen molar-refractivity contribution in [2.24, 2.45) is 5.92 Å². The Hall–Kier alpha value is -4.73. The molecule has 3 aromatic carbocycles. The molecule has 2 amide bonds. The summed E-state index contributed by atoms with van der Waals surface area (Å²) in [7, 11) is 0. The molecule has 0 aromatic heterocycles. The largest absolute Gasteiger partial charge is 0.505 e. The first kappa shape index (κ1) is 26.3. The highest BCUT2D eigenvalue weighted by Gasteiger charge is 2.25. The number of nitrogens with one attached hydrogen (secondary N) is 2. The number of carbonyl (C=O) groups is 2. The summed E-state index contributed by atoms with van der Waals surface area (Å²) >= 11 is 0. The topological polar surface area (TPSA) is 132 Å². The van der Waals surface area contributed by atoms with Crippen molar-refractivity contribution in [2.75, 3.05) is 23.2 Å². The summed E-state index contributed by atoms with van der Waals surface area (Å²) in [5.41, 5.74) is 7.65. The number of ether oxygens (including phenoxy) is 3. The Balaban J connectivity index is 1.39. The van der Waals surface area contributed by atoms with E-state index in [1.54, 1.807) is 48.5 Å². The van der Waals surface area contributed by atoms with E-state index in [1.165, 1.54) is 18.2 Å². The smallest absolute Gasteiger partial charge is 0.412 e. The van der Waals surface area contributed by atoms with E-state index in [9.17, 15) is 19.1 Å². The quantitative estimate of drug-likeness (QED) is 0.208. The predicted octanol–water partition coefficient (Wildman–Crippen LogP) is 5.74. The van der Waals surface area contributed by atoms with Crippen LogP contribution in [0.15, 0.2) is 72.8 Å². The fourth-order valence-electron chi connectivity index (χ4n) is 3.94. The lowest BCUT2D eigenvalue weighted by atomic mass is 9.93. The number of carbonyl (C=O) groups excluding carboxylic acids is 2. The fraction of sp³-hybridized carbons (Fsp3) is 0.214. The highest BCUT2D eigenvalue weighted by molar-refractivity contribution is 6.01. The van der Waals surface area contributed by atoms with E-state index < -0.39 is 23.8 Å².